The molecule has 8 nitrogen and oxygen atoms in total. The van der Waals surface area contributed by atoms with Gasteiger partial charge in [-0.25, -0.2) is 27.2 Å². The van der Waals surface area contributed by atoms with E-state index in [2.05, 4.69) is 36.3 Å². The van der Waals surface area contributed by atoms with Gasteiger partial charge in [-0.3, -0.25) is 9.48 Å². The molecule has 0 saturated heterocycles. The van der Waals surface area contributed by atoms with Crippen LogP contribution in [-0.2, 0) is 46.6 Å². The van der Waals surface area contributed by atoms with Crippen LogP contribution in [0.5, 0.6) is 0 Å². The first-order valence-corrected chi connectivity index (χ1v) is 14.0. The number of alkyl halides is 3. The molecule has 1 amide bonds. The molecule has 0 fully saturated rings. The maximum Gasteiger partial charge on any atom is 0.435 e. The van der Waals surface area contributed by atoms with Gasteiger partial charge in [-0.05, 0) is 65.7 Å². The van der Waals surface area contributed by atoms with Crippen LogP contribution in [0.4, 0.5) is 22.0 Å². The van der Waals surface area contributed by atoms with E-state index in [0.717, 1.165) is 29.3 Å². The number of nitrogens with zero attached hydrogens (tertiary/aromatic N) is 4. The SMILES string of the molecule is CS(=O)(=O)c1ncc(Br)c([C@@H](Cc2cc(F)cc(F)c2)NC(=O)Cn2nc(C(F)(F)F)c3c2CCCC3)n1. The quantitative estimate of drug-likeness (QED) is 0.314. The van der Waals surface area contributed by atoms with Crippen LogP contribution in [0.25, 0.3) is 0 Å². The average Bonchev–Trinajstić information content (AvgIpc) is 3.16. The number of aromatic nitrogens is 4. The Balaban J connectivity index is 1.69. The number of hydrogen-bond acceptors (Lipinski definition) is 6. The lowest BCUT2D eigenvalue weighted by atomic mass is 9.95. The molecule has 1 aliphatic rings. The van der Waals surface area contributed by atoms with Crippen molar-refractivity contribution in [1.82, 2.24) is 25.1 Å². The summed E-state index contributed by atoms with van der Waals surface area (Å²) in [7, 11) is -3.86. The van der Waals surface area contributed by atoms with Gasteiger partial charge in [0.25, 0.3) is 0 Å². The van der Waals surface area contributed by atoms with E-state index >= 15 is 0 Å². The molecule has 1 N–H and O–H groups in total. The third-order valence-corrected chi connectivity index (χ3v) is 7.40. The van der Waals surface area contributed by atoms with Crippen LogP contribution in [0, 0.1) is 11.6 Å². The number of fused-ring (bicyclic) bond motifs is 1. The van der Waals surface area contributed by atoms with Gasteiger partial charge in [0.1, 0.15) is 18.2 Å². The second kappa shape index (κ2) is 10.7. The Bertz CT molecular complexity index is 1470. The number of carbonyl (C=O) groups excluding carboxylic acids is 1. The molecule has 4 rings (SSSR count). The van der Waals surface area contributed by atoms with Gasteiger partial charge in [0.2, 0.25) is 20.9 Å². The predicted octanol–water partition coefficient (Wildman–Crippen LogP) is 4.12. The van der Waals surface area contributed by atoms with Gasteiger partial charge in [-0.1, -0.05) is 0 Å². The topological polar surface area (TPSA) is 107 Å². The Hall–Kier alpha value is -2.94. The molecule has 38 heavy (non-hydrogen) atoms. The second-order valence-corrected chi connectivity index (χ2v) is 11.7. The summed E-state index contributed by atoms with van der Waals surface area (Å²) >= 11 is 3.21. The Kier molecular flexibility index (Phi) is 7.89. The summed E-state index contributed by atoms with van der Waals surface area (Å²) in [6, 6.07) is 1.61. The number of amides is 1. The van der Waals surface area contributed by atoms with Gasteiger partial charge in [0.05, 0.1) is 16.2 Å². The third-order valence-electron chi connectivity index (χ3n) is 5.93. The van der Waals surface area contributed by atoms with Crippen molar-refractivity contribution in [2.24, 2.45) is 0 Å². The van der Waals surface area contributed by atoms with E-state index in [-0.39, 0.29) is 34.1 Å². The van der Waals surface area contributed by atoms with Crippen molar-refractivity contribution in [3.63, 3.8) is 0 Å². The Morgan fingerprint density at radius 2 is 1.82 bits per heavy atom. The summed E-state index contributed by atoms with van der Waals surface area (Å²) in [6.07, 6.45) is -1.11. The molecular formula is C23H21BrF5N5O3S. The summed E-state index contributed by atoms with van der Waals surface area (Å²) in [4.78, 5) is 20.9. The van der Waals surface area contributed by atoms with Crippen LogP contribution in [-0.4, -0.2) is 40.3 Å². The van der Waals surface area contributed by atoms with Gasteiger partial charge in [0.15, 0.2) is 5.69 Å². The summed E-state index contributed by atoms with van der Waals surface area (Å²) in [6.45, 7) is -0.561. The summed E-state index contributed by atoms with van der Waals surface area (Å²) in [5, 5.41) is 5.73. The predicted molar refractivity (Wildman–Crippen MR) is 128 cm³/mol. The van der Waals surface area contributed by atoms with Crippen molar-refractivity contribution < 1.29 is 35.2 Å². The highest BCUT2D eigenvalue weighted by molar-refractivity contribution is 9.10. The lowest BCUT2D eigenvalue weighted by Gasteiger charge is -2.21. The molecule has 1 atom stereocenters. The fraction of sp³-hybridized carbons (Fsp3) is 0.391. The van der Waals surface area contributed by atoms with E-state index in [1.54, 1.807) is 0 Å². The lowest BCUT2D eigenvalue weighted by Crippen LogP contribution is -2.34. The van der Waals surface area contributed by atoms with Crippen LogP contribution < -0.4 is 5.32 Å². The molecule has 0 radical (unpaired) electrons. The fourth-order valence-electron chi connectivity index (χ4n) is 4.37. The zero-order valence-corrected chi connectivity index (χ0v) is 22.2. The average molecular weight is 622 g/mol. The molecule has 3 aromatic rings. The van der Waals surface area contributed by atoms with E-state index < -0.39 is 57.0 Å². The van der Waals surface area contributed by atoms with Crippen molar-refractivity contribution in [1.29, 1.82) is 0 Å². The van der Waals surface area contributed by atoms with Gasteiger partial charge >= 0.3 is 6.18 Å². The standard InChI is InChI=1S/C23H21BrF5N5O3S/c1-38(36,37)22-30-10-16(24)20(32-22)17(8-12-6-13(25)9-14(26)7-12)31-19(35)11-34-18-5-3-2-4-15(18)21(33-34)23(27,28)29/h6-7,9-10,17H,2-5,8,11H2,1H3,(H,31,35)/t17-/m1/s1. The summed E-state index contributed by atoms with van der Waals surface area (Å²) < 4.78 is 93.6. The Morgan fingerprint density at radius 3 is 2.45 bits per heavy atom. The molecule has 0 bridgehead atoms. The van der Waals surface area contributed by atoms with Crippen molar-refractivity contribution in [2.75, 3.05) is 6.26 Å². The minimum absolute atomic E-state index is 0.00285. The number of sulfone groups is 1. The maximum absolute atomic E-state index is 13.8. The molecule has 2 aromatic heterocycles. The number of benzene rings is 1. The van der Waals surface area contributed by atoms with Gasteiger partial charge in [-0.2, -0.15) is 18.3 Å². The zero-order valence-electron chi connectivity index (χ0n) is 19.8. The monoisotopic (exact) mass is 621 g/mol. The van der Waals surface area contributed by atoms with E-state index in [1.165, 1.54) is 0 Å². The number of halogens is 6. The smallest absolute Gasteiger partial charge is 0.346 e. The first kappa shape index (κ1) is 28.1. The van der Waals surface area contributed by atoms with E-state index in [1.807, 2.05) is 0 Å². The van der Waals surface area contributed by atoms with Crippen LogP contribution in [0.2, 0.25) is 0 Å². The highest BCUT2D eigenvalue weighted by atomic mass is 79.9. The number of hydrogen-bond donors (Lipinski definition) is 1. The van der Waals surface area contributed by atoms with Gasteiger partial charge in [0, 0.05) is 29.8 Å². The van der Waals surface area contributed by atoms with Crippen molar-refractivity contribution in [3.8, 4) is 0 Å². The summed E-state index contributed by atoms with van der Waals surface area (Å²) in [5.74, 6) is -2.50. The maximum atomic E-state index is 13.8. The van der Waals surface area contributed by atoms with Crippen LogP contribution in [0.1, 0.15) is 47.1 Å². The molecule has 2 heterocycles. The minimum atomic E-state index is -4.68. The first-order chi connectivity index (χ1) is 17.7. The Labute approximate surface area is 222 Å². The highest BCUT2D eigenvalue weighted by Crippen LogP contribution is 2.36. The molecular weight excluding hydrogens is 601 g/mol. The number of nitrogens with one attached hydrogen (secondary N) is 1. The zero-order chi connectivity index (χ0) is 27.8. The fourth-order valence-corrected chi connectivity index (χ4v) is 5.35. The largest absolute Gasteiger partial charge is 0.435 e. The Morgan fingerprint density at radius 1 is 1.16 bits per heavy atom. The molecule has 1 aromatic carbocycles. The van der Waals surface area contributed by atoms with Crippen molar-refractivity contribution in [2.45, 2.75) is 56.0 Å². The molecule has 0 saturated carbocycles. The second-order valence-electron chi connectivity index (χ2n) is 8.90. The van der Waals surface area contributed by atoms with E-state index in [9.17, 15) is 35.2 Å². The van der Waals surface area contributed by atoms with Crippen LogP contribution in [0.15, 0.2) is 34.0 Å². The molecule has 204 valence electrons. The third kappa shape index (κ3) is 6.37. The molecule has 1 aliphatic carbocycles. The van der Waals surface area contributed by atoms with E-state index in [4.69, 9.17) is 0 Å². The normalized spacial score (nSPS) is 14.7. The van der Waals surface area contributed by atoms with Crippen molar-refractivity contribution >= 4 is 31.7 Å². The van der Waals surface area contributed by atoms with Crippen LogP contribution in [0.3, 0.4) is 0 Å². The van der Waals surface area contributed by atoms with Crippen molar-refractivity contribution in [3.05, 3.63) is 68.7 Å². The molecule has 0 spiro atoms. The molecule has 0 aliphatic heterocycles. The first-order valence-electron chi connectivity index (χ1n) is 11.3. The minimum Gasteiger partial charge on any atom is -0.346 e. The number of rotatable bonds is 7. The molecule has 15 heteroatoms. The summed E-state index contributed by atoms with van der Waals surface area (Å²) in [5.41, 5.74) is -0.514. The van der Waals surface area contributed by atoms with E-state index in [0.29, 0.717) is 31.0 Å². The van der Waals surface area contributed by atoms with Gasteiger partial charge < -0.3 is 5.32 Å². The molecule has 0 unspecified atom stereocenters. The lowest BCUT2D eigenvalue weighted by molar-refractivity contribution is -0.142. The number of carbonyl (C=O) groups is 1. The van der Waals surface area contributed by atoms with Crippen LogP contribution >= 0.6 is 15.9 Å². The highest BCUT2D eigenvalue weighted by Gasteiger charge is 2.39. The van der Waals surface area contributed by atoms with Gasteiger partial charge in [-0.15, -0.1) is 0 Å².